The second-order valence-corrected chi connectivity index (χ2v) is 9.01. The second-order valence-electron chi connectivity index (χ2n) is 7.76. The van der Waals surface area contributed by atoms with Crippen LogP contribution in [0.15, 0.2) is 6.07 Å². The molecule has 37 heavy (non-hydrogen) atoms. The first-order valence-electron chi connectivity index (χ1n) is 11.6. The van der Waals surface area contributed by atoms with Crippen LogP contribution in [0.3, 0.4) is 0 Å². The minimum Gasteiger partial charge on any atom is -0.420 e. The van der Waals surface area contributed by atoms with Crippen molar-refractivity contribution in [2.75, 3.05) is 33.0 Å². The quantitative estimate of drug-likeness (QED) is 0.0572. The van der Waals surface area contributed by atoms with Crippen molar-refractivity contribution >= 4 is 43.0 Å². The highest BCUT2D eigenvalue weighted by Gasteiger charge is 2.25. The number of thiol groups is 2. The van der Waals surface area contributed by atoms with Crippen molar-refractivity contribution in [3.63, 3.8) is 0 Å². The molecule has 8 nitrogen and oxygen atoms in total. The molecule has 0 radical (unpaired) electrons. The van der Waals surface area contributed by atoms with Crippen LogP contribution in [0.25, 0.3) is 0 Å². The Morgan fingerprint density at radius 1 is 0.865 bits per heavy atom. The molecule has 210 valence electrons. The molecular formula is C23H32F4N2O6S2. The van der Waals surface area contributed by atoms with Gasteiger partial charge in [-0.3, -0.25) is 14.4 Å². The van der Waals surface area contributed by atoms with Crippen LogP contribution >= 0.6 is 25.3 Å². The van der Waals surface area contributed by atoms with Crippen LogP contribution in [-0.4, -0.2) is 67.3 Å². The highest BCUT2D eigenvalue weighted by molar-refractivity contribution is 7.82. The van der Waals surface area contributed by atoms with E-state index in [2.05, 4.69) is 40.6 Å². The Morgan fingerprint density at radius 2 is 1.38 bits per heavy atom. The Morgan fingerprint density at radius 3 is 1.89 bits per heavy atom. The average Bonchev–Trinajstić information content (AvgIpc) is 2.86. The fourth-order valence-electron chi connectivity index (χ4n) is 2.90. The Bertz CT molecular complexity index is 886. The largest absolute Gasteiger partial charge is 0.420 e. The molecule has 0 fully saturated rings. The summed E-state index contributed by atoms with van der Waals surface area (Å²) in [6, 6.07) is -0.837. The van der Waals surface area contributed by atoms with E-state index in [4.69, 9.17) is 9.47 Å². The Labute approximate surface area is 224 Å². The van der Waals surface area contributed by atoms with Crippen molar-refractivity contribution < 1.29 is 46.2 Å². The van der Waals surface area contributed by atoms with Crippen LogP contribution in [0.4, 0.5) is 17.6 Å². The molecule has 2 N–H and O–H groups in total. The number of benzene rings is 1. The van der Waals surface area contributed by atoms with Gasteiger partial charge >= 0.3 is 5.97 Å². The van der Waals surface area contributed by atoms with Gasteiger partial charge in [0, 0.05) is 51.5 Å². The van der Waals surface area contributed by atoms with Crippen molar-refractivity contribution in [2.24, 2.45) is 0 Å². The van der Waals surface area contributed by atoms with E-state index in [9.17, 15) is 31.9 Å². The van der Waals surface area contributed by atoms with Crippen molar-refractivity contribution in [1.29, 1.82) is 0 Å². The molecule has 0 spiro atoms. The van der Waals surface area contributed by atoms with Crippen molar-refractivity contribution in [3.8, 4) is 5.75 Å². The lowest BCUT2D eigenvalue weighted by atomic mass is 10.1. The maximum Gasteiger partial charge on any atom is 0.311 e. The van der Waals surface area contributed by atoms with Gasteiger partial charge in [-0.25, -0.2) is 8.78 Å². The number of hydrogen-bond acceptors (Lipinski definition) is 8. The van der Waals surface area contributed by atoms with Gasteiger partial charge < -0.3 is 24.8 Å². The lowest BCUT2D eigenvalue weighted by Gasteiger charge is -2.22. The molecule has 1 aromatic carbocycles. The van der Waals surface area contributed by atoms with Crippen LogP contribution in [-0.2, 0) is 23.9 Å². The molecular weight excluding hydrogens is 540 g/mol. The Balaban J connectivity index is 2.81. The summed E-state index contributed by atoms with van der Waals surface area (Å²) in [4.78, 5) is 37.0. The standard InChI is InChI=1S/C23H32F4N2O6S2/c1-3-33-9-7-16(36)22(31)28-12-13(29-23(32)17(37)8-10-34-4-2)5-6-18(30)35-21-19(26)14(24)11-15(25)20(21)27/h11,13,16-17,36-37H,3-10,12H2,1-2H3,(H,28,31)(H,29,32). The van der Waals surface area contributed by atoms with Gasteiger partial charge in [-0.05, 0) is 33.1 Å². The molecule has 0 aromatic heterocycles. The molecule has 0 aliphatic rings. The van der Waals surface area contributed by atoms with E-state index in [-0.39, 0.29) is 25.6 Å². The van der Waals surface area contributed by atoms with Crippen LogP contribution in [0.1, 0.15) is 39.5 Å². The van der Waals surface area contributed by atoms with E-state index < -0.39 is 69.8 Å². The summed E-state index contributed by atoms with van der Waals surface area (Å²) in [6.07, 6.45) is -0.0238. The SMILES string of the molecule is CCOCCC(S)C(=O)NCC(CCC(=O)Oc1c(F)c(F)cc(F)c1F)NC(=O)C(S)CCOCC. The van der Waals surface area contributed by atoms with Gasteiger partial charge in [0.15, 0.2) is 11.6 Å². The molecule has 1 rings (SSSR count). The fraction of sp³-hybridized carbons (Fsp3) is 0.609. The maximum atomic E-state index is 13.8. The van der Waals surface area contributed by atoms with Gasteiger partial charge in [0.05, 0.1) is 10.5 Å². The monoisotopic (exact) mass is 572 g/mol. The van der Waals surface area contributed by atoms with Gasteiger partial charge in [-0.1, -0.05) is 0 Å². The lowest BCUT2D eigenvalue weighted by molar-refractivity contribution is -0.135. The molecule has 3 atom stereocenters. The maximum absolute atomic E-state index is 13.8. The van der Waals surface area contributed by atoms with Crippen molar-refractivity contribution in [2.45, 2.75) is 56.1 Å². The van der Waals surface area contributed by atoms with E-state index in [1.54, 1.807) is 6.92 Å². The molecule has 0 bridgehead atoms. The zero-order chi connectivity index (χ0) is 28.0. The number of hydrogen-bond donors (Lipinski definition) is 4. The first-order valence-corrected chi connectivity index (χ1v) is 12.7. The van der Waals surface area contributed by atoms with Gasteiger partial charge in [-0.2, -0.15) is 34.0 Å². The van der Waals surface area contributed by atoms with Crippen LogP contribution < -0.4 is 15.4 Å². The summed E-state index contributed by atoms with van der Waals surface area (Å²) >= 11 is 8.44. The summed E-state index contributed by atoms with van der Waals surface area (Å²) < 4.78 is 69.2. The number of halogens is 4. The lowest BCUT2D eigenvalue weighted by Crippen LogP contribution is -2.47. The number of ether oxygens (including phenoxy) is 3. The average molecular weight is 573 g/mol. The van der Waals surface area contributed by atoms with E-state index in [1.807, 2.05) is 6.92 Å². The summed E-state index contributed by atoms with van der Waals surface area (Å²) in [7, 11) is 0. The molecule has 0 heterocycles. The predicted molar refractivity (Wildman–Crippen MR) is 134 cm³/mol. The Hall–Kier alpha value is -2.03. The molecule has 1 aromatic rings. The highest BCUT2D eigenvalue weighted by Crippen LogP contribution is 2.27. The smallest absolute Gasteiger partial charge is 0.311 e. The van der Waals surface area contributed by atoms with Crippen molar-refractivity contribution in [3.05, 3.63) is 29.3 Å². The van der Waals surface area contributed by atoms with Crippen LogP contribution in [0.5, 0.6) is 5.75 Å². The van der Waals surface area contributed by atoms with Gasteiger partial charge in [0.1, 0.15) is 0 Å². The summed E-state index contributed by atoms with van der Waals surface area (Å²) in [5.74, 6) is -10.8. The predicted octanol–water partition coefficient (Wildman–Crippen LogP) is 2.98. The number of carbonyl (C=O) groups excluding carboxylic acids is 3. The molecule has 14 heteroatoms. The first kappa shape index (κ1) is 33.0. The van der Waals surface area contributed by atoms with Crippen LogP contribution in [0.2, 0.25) is 0 Å². The topological polar surface area (TPSA) is 103 Å². The first-order chi connectivity index (χ1) is 17.5. The van der Waals surface area contributed by atoms with Gasteiger partial charge in [0.25, 0.3) is 0 Å². The highest BCUT2D eigenvalue weighted by atomic mass is 32.1. The number of carbonyl (C=O) groups is 3. The fourth-order valence-corrected chi connectivity index (χ4v) is 3.28. The molecule has 3 unspecified atom stereocenters. The van der Waals surface area contributed by atoms with E-state index >= 15 is 0 Å². The number of esters is 1. The summed E-state index contributed by atoms with van der Waals surface area (Å²) in [6.45, 7) is 5.03. The number of nitrogens with one attached hydrogen (secondary N) is 2. The second kappa shape index (κ2) is 17.5. The van der Waals surface area contributed by atoms with Crippen LogP contribution in [0, 0.1) is 23.3 Å². The molecule has 0 saturated carbocycles. The van der Waals surface area contributed by atoms with E-state index in [0.717, 1.165) is 0 Å². The Kier molecular flexibility index (Phi) is 15.6. The molecule has 0 saturated heterocycles. The minimum atomic E-state index is -1.86. The van der Waals surface area contributed by atoms with Gasteiger partial charge in [-0.15, -0.1) is 0 Å². The molecule has 0 aliphatic heterocycles. The third-order valence-electron chi connectivity index (χ3n) is 4.94. The third-order valence-corrected chi connectivity index (χ3v) is 5.92. The molecule has 2 amide bonds. The molecule has 0 aliphatic carbocycles. The number of rotatable bonds is 17. The van der Waals surface area contributed by atoms with Gasteiger partial charge in [0.2, 0.25) is 29.2 Å². The number of amides is 2. The van der Waals surface area contributed by atoms with E-state index in [1.165, 1.54) is 0 Å². The third kappa shape index (κ3) is 11.9. The summed E-state index contributed by atoms with van der Waals surface area (Å²) in [5, 5.41) is 3.81. The van der Waals surface area contributed by atoms with E-state index in [0.29, 0.717) is 32.7 Å². The zero-order valence-electron chi connectivity index (χ0n) is 20.5. The summed E-state index contributed by atoms with van der Waals surface area (Å²) in [5.41, 5.74) is 0. The normalized spacial score (nSPS) is 13.5. The zero-order valence-corrected chi connectivity index (χ0v) is 22.3. The van der Waals surface area contributed by atoms with Crippen molar-refractivity contribution in [1.82, 2.24) is 10.6 Å². The minimum absolute atomic E-state index is 0.0151.